The van der Waals surface area contributed by atoms with Gasteiger partial charge in [0.25, 0.3) is 0 Å². The number of unbranched alkanes of at least 4 members (excludes halogenated alkanes) is 13. The molecule has 0 amide bonds. The Balaban J connectivity index is 0. The Morgan fingerprint density at radius 2 is 1.07 bits per heavy atom. The first kappa shape index (κ1) is 29.4. The fourth-order valence-electron chi connectivity index (χ4n) is 3.99. The van der Waals surface area contributed by atoms with Gasteiger partial charge in [-0.3, -0.25) is 0 Å². The Labute approximate surface area is 176 Å². The average Bonchev–Trinajstić information content (AvgIpc) is 2.61. The van der Waals surface area contributed by atoms with E-state index in [1.54, 1.807) is 0 Å². The summed E-state index contributed by atoms with van der Waals surface area (Å²) in [6.45, 7) is 4.63. The van der Waals surface area contributed by atoms with E-state index in [0.717, 1.165) is 12.8 Å². The van der Waals surface area contributed by atoms with Gasteiger partial charge in [-0.2, -0.15) is 0 Å². The Kier molecular flexibility index (Phi) is 22.7. The predicted molar refractivity (Wildman–Crippen MR) is 122 cm³/mol. The molecule has 2 atom stereocenters. The molecule has 0 radical (unpaired) electrons. The van der Waals surface area contributed by atoms with Crippen molar-refractivity contribution < 1.29 is 10.2 Å². The van der Waals surface area contributed by atoms with Crippen molar-refractivity contribution in [2.24, 2.45) is 11.7 Å². The van der Waals surface area contributed by atoms with Gasteiger partial charge in [0.05, 0.1) is 0 Å². The van der Waals surface area contributed by atoms with Gasteiger partial charge >= 0.3 is 0 Å². The van der Waals surface area contributed by atoms with E-state index in [0.29, 0.717) is 12.3 Å². The minimum Gasteiger partial charge on any atom is -0.396 e. The molecule has 4 N–H and O–H groups in total. The van der Waals surface area contributed by atoms with E-state index >= 15 is 0 Å². The van der Waals surface area contributed by atoms with Gasteiger partial charge < -0.3 is 15.9 Å². The molecule has 0 heterocycles. The lowest BCUT2D eigenvalue weighted by Crippen LogP contribution is -2.45. The number of halogens is 1. The molecule has 0 fully saturated rings. The number of nitrogens with two attached hydrogens (primary N) is 1. The molecule has 0 aromatic carbocycles. The molecule has 0 aromatic rings. The van der Waals surface area contributed by atoms with Gasteiger partial charge in [-0.1, -0.05) is 96.8 Å². The summed E-state index contributed by atoms with van der Waals surface area (Å²) in [6.07, 6.45) is 21.7. The van der Waals surface area contributed by atoms with Crippen molar-refractivity contribution in [3.05, 3.63) is 0 Å². The summed E-state index contributed by atoms with van der Waals surface area (Å²) in [5.74, 6) is 0.317. The van der Waals surface area contributed by atoms with Gasteiger partial charge in [-0.05, 0) is 32.1 Å². The second-order valence-electron chi connectivity index (χ2n) is 8.57. The monoisotopic (exact) mass is 407 g/mol. The van der Waals surface area contributed by atoms with Crippen molar-refractivity contribution in [3.8, 4) is 0 Å². The van der Waals surface area contributed by atoms with E-state index in [1.165, 1.54) is 89.9 Å². The normalized spacial score (nSPS) is 14.6. The fourth-order valence-corrected chi connectivity index (χ4v) is 3.99. The summed E-state index contributed by atoms with van der Waals surface area (Å²) in [4.78, 5) is 0. The van der Waals surface area contributed by atoms with Gasteiger partial charge in [0, 0.05) is 18.8 Å². The van der Waals surface area contributed by atoms with Crippen molar-refractivity contribution in [3.63, 3.8) is 0 Å². The van der Waals surface area contributed by atoms with Gasteiger partial charge in [0.1, 0.15) is 0 Å². The number of aliphatic hydroxyl groups is 2. The van der Waals surface area contributed by atoms with E-state index in [-0.39, 0.29) is 31.2 Å². The molecule has 0 saturated heterocycles. The molecule has 0 aliphatic rings. The van der Waals surface area contributed by atoms with Gasteiger partial charge in [-0.25, -0.2) is 0 Å². The summed E-state index contributed by atoms with van der Waals surface area (Å²) in [5, 5.41) is 18.4. The Morgan fingerprint density at radius 3 is 1.44 bits per heavy atom. The van der Waals surface area contributed by atoms with Crippen molar-refractivity contribution >= 4 is 12.4 Å². The molecule has 27 heavy (non-hydrogen) atoms. The number of aliphatic hydroxyl groups excluding tert-OH is 2. The highest BCUT2D eigenvalue weighted by atomic mass is 35.5. The quantitative estimate of drug-likeness (QED) is 0.205. The number of rotatable bonds is 20. The number of hydrogen-bond donors (Lipinski definition) is 3. The summed E-state index contributed by atoms with van der Waals surface area (Å²) >= 11 is 0. The first-order valence-corrected chi connectivity index (χ1v) is 11.6. The van der Waals surface area contributed by atoms with Crippen molar-refractivity contribution in [2.75, 3.05) is 13.2 Å². The van der Waals surface area contributed by atoms with Gasteiger partial charge in [0.15, 0.2) is 0 Å². The van der Waals surface area contributed by atoms with E-state index in [9.17, 15) is 10.2 Å². The fraction of sp³-hybridized carbons (Fsp3) is 1.00. The van der Waals surface area contributed by atoms with Crippen LogP contribution in [0.4, 0.5) is 0 Å². The van der Waals surface area contributed by atoms with Crippen LogP contribution in [0.15, 0.2) is 0 Å². The second kappa shape index (κ2) is 20.9. The Hall–Kier alpha value is 0.170. The number of hydrogen-bond acceptors (Lipinski definition) is 3. The molecular weight excluding hydrogens is 358 g/mol. The zero-order chi connectivity index (χ0) is 19.5. The highest BCUT2D eigenvalue weighted by Gasteiger charge is 2.28. The van der Waals surface area contributed by atoms with Crippen LogP contribution < -0.4 is 5.73 Å². The predicted octanol–water partition coefficient (Wildman–Crippen LogP) is 6.38. The molecule has 0 aliphatic heterocycles. The van der Waals surface area contributed by atoms with E-state index in [4.69, 9.17) is 5.73 Å². The van der Waals surface area contributed by atoms with E-state index < -0.39 is 0 Å². The van der Waals surface area contributed by atoms with Crippen molar-refractivity contribution in [1.29, 1.82) is 0 Å². The van der Waals surface area contributed by atoms with Crippen LogP contribution in [0, 0.1) is 5.92 Å². The molecular formula is C23H50ClNO2. The Morgan fingerprint density at radius 1 is 0.667 bits per heavy atom. The molecule has 0 aromatic heterocycles. The molecule has 3 nitrogen and oxygen atoms in total. The largest absolute Gasteiger partial charge is 0.396 e. The van der Waals surface area contributed by atoms with Crippen LogP contribution in [-0.4, -0.2) is 29.0 Å². The third kappa shape index (κ3) is 18.0. The molecule has 0 rings (SSSR count). The molecule has 0 bridgehead atoms. The summed E-state index contributed by atoms with van der Waals surface area (Å²) in [6, 6.07) is 0. The minimum atomic E-state index is -0.353. The first-order valence-electron chi connectivity index (χ1n) is 11.6. The van der Waals surface area contributed by atoms with Crippen LogP contribution in [0.1, 0.15) is 123 Å². The molecule has 0 saturated carbocycles. The lowest BCUT2D eigenvalue weighted by Gasteiger charge is -2.33. The van der Waals surface area contributed by atoms with Crippen LogP contribution in [-0.2, 0) is 0 Å². The topological polar surface area (TPSA) is 66.5 Å². The molecule has 2 unspecified atom stereocenters. The van der Waals surface area contributed by atoms with Gasteiger partial charge in [0.2, 0.25) is 0 Å². The van der Waals surface area contributed by atoms with Crippen LogP contribution >= 0.6 is 12.4 Å². The van der Waals surface area contributed by atoms with Crippen LogP contribution in [0.2, 0.25) is 0 Å². The zero-order valence-corrected chi connectivity index (χ0v) is 19.2. The highest BCUT2D eigenvalue weighted by molar-refractivity contribution is 5.85. The van der Waals surface area contributed by atoms with E-state index in [1.807, 2.05) is 6.92 Å². The highest BCUT2D eigenvalue weighted by Crippen LogP contribution is 2.27. The van der Waals surface area contributed by atoms with Crippen molar-refractivity contribution in [2.45, 2.75) is 129 Å². The first-order chi connectivity index (χ1) is 12.6. The molecule has 166 valence electrons. The van der Waals surface area contributed by atoms with E-state index in [2.05, 4.69) is 6.92 Å². The SMILES string of the molecule is CCCCCCCCCCCCCCCCC(CCO)C(C)(N)CCO.Cl. The van der Waals surface area contributed by atoms with Gasteiger partial charge in [-0.15, -0.1) is 12.4 Å². The van der Waals surface area contributed by atoms with Crippen LogP contribution in [0.25, 0.3) is 0 Å². The summed E-state index contributed by atoms with van der Waals surface area (Å²) in [7, 11) is 0. The smallest absolute Gasteiger partial charge is 0.0448 e. The lowest BCUT2D eigenvalue weighted by atomic mass is 9.78. The molecule has 4 heteroatoms. The molecule has 0 aliphatic carbocycles. The zero-order valence-electron chi connectivity index (χ0n) is 18.4. The Bertz CT molecular complexity index is 288. The van der Waals surface area contributed by atoms with Crippen molar-refractivity contribution in [1.82, 2.24) is 0 Å². The van der Waals surface area contributed by atoms with Crippen LogP contribution in [0.3, 0.4) is 0 Å². The maximum atomic E-state index is 9.27. The van der Waals surface area contributed by atoms with Crippen LogP contribution in [0.5, 0.6) is 0 Å². The molecule has 0 spiro atoms. The average molecular weight is 408 g/mol. The maximum Gasteiger partial charge on any atom is 0.0448 e. The second-order valence-corrected chi connectivity index (χ2v) is 8.57. The standard InChI is InChI=1S/C23H49NO2.ClH/c1-3-4-5-6-7-8-9-10-11-12-13-14-15-16-17-22(18-20-25)23(2,24)19-21-26;/h22,25-26H,3-21,24H2,1-2H3;1H. The maximum absolute atomic E-state index is 9.27. The lowest BCUT2D eigenvalue weighted by molar-refractivity contribution is 0.157. The third-order valence-corrected chi connectivity index (χ3v) is 5.97. The minimum absolute atomic E-state index is 0. The third-order valence-electron chi connectivity index (χ3n) is 5.97. The summed E-state index contributed by atoms with van der Waals surface area (Å²) < 4.78 is 0. The summed E-state index contributed by atoms with van der Waals surface area (Å²) in [5.41, 5.74) is 5.99.